The van der Waals surface area contributed by atoms with Crippen LogP contribution in [0.5, 0.6) is 5.75 Å². The molecule has 0 amide bonds. The molecule has 5 heteroatoms. The minimum atomic E-state index is 0.0356. The second-order valence-electron chi connectivity index (χ2n) is 3.73. The van der Waals surface area contributed by atoms with Crippen LogP contribution >= 0.6 is 11.3 Å². The molecule has 1 unspecified atom stereocenters. The summed E-state index contributed by atoms with van der Waals surface area (Å²) in [4.78, 5) is 4.26. The van der Waals surface area contributed by atoms with Crippen LogP contribution in [0.3, 0.4) is 0 Å². The zero-order valence-electron chi connectivity index (χ0n) is 10.2. The summed E-state index contributed by atoms with van der Waals surface area (Å²) in [6.45, 7) is 2.01. The van der Waals surface area contributed by atoms with Crippen molar-refractivity contribution in [3.05, 3.63) is 40.3 Å². The molecule has 1 atom stereocenters. The summed E-state index contributed by atoms with van der Waals surface area (Å²) in [7, 11) is 1.59. The summed E-state index contributed by atoms with van der Waals surface area (Å²) in [5.74, 6) is 0.664. The summed E-state index contributed by atoms with van der Waals surface area (Å²) in [6, 6.07) is 7.59. The molecule has 0 saturated carbocycles. The zero-order chi connectivity index (χ0) is 13.0. The number of methoxy groups -OCH3 is 1. The van der Waals surface area contributed by atoms with Crippen molar-refractivity contribution in [2.24, 2.45) is 0 Å². The van der Waals surface area contributed by atoms with E-state index in [0.29, 0.717) is 17.0 Å². The lowest BCUT2D eigenvalue weighted by atomic mass is 10.1. The molecular weight excluding hydrogens is 246 g/mol. The van der Waals surface area contributed by atoms with Gasteiger partial charge in [-0.15, -0.1) is 11.3 Å². The first-order chi connectivity index (χ1) is 8.76. The Balaban J connectivity index is 2.31. The Bertz CT molecular complexity index is 560. The second kappa shape index (κ2) is 5.52. The van der Waals surface area contributed by atoms with E-state index in [4.69, 9.17) is 10.00 Å². The van der Waals surface area contributed by atoms with Crippen LogP contribution < -0.4 is 10.1 Å². The van der Waals surface area contributed by atoms with Gasteiger partial charge in [0.1, 0.15) is 16.8 Å². The van der Waals surface area contributed by atoms with Gasteiger partial charge in [0, 0.05) is 11.6 Å². The maximum absolute atomic E-state index is 9.12. The van der Waals surface area contributed by atoms with Gasteiger partial charge in [0.25, 0.3) is 0 Å². The fourth-order valence-corrected chi connectivity index (χ4v) is 2.32. The molecule has 1 heterocycles. The number of anilines is 1. The van der Waals surface area contributed by atoms with Crippen LogP contribution in [0, 0.1) is 11.3 Å². The lowest BCUT2D eigenvalue weighted by Gasteiger charge is -2.16. The summed E-state index contributed by atoms with van der Waals surface area (Å²) in [5, 5.41) is 15.3. The van der Waals surface area contributed by atoms with Crippen LogP contribution in [-0.2, 0) is 0 Å². The van der Waals surface area contributed by atoms with E-state index in [0.717, 1.165) is 5.01 Å². The molecule has 0 aliphatic heterocycles. The van der Waals surface area contributed by atoms with Crippen molar-refractivity contribution in [3.63, 3.8) is 0 Å². The first-order valence-electron chi connectivity index (χ1n) is 5.49. The van der Waals surface area contributed by atoms with E-state index in [1.54, 1.807) is 36.8 Å². The standard InChI is InChI=1S/C13H13N3OS/c1-9(13-15-6-7-18-13)16-12-10(8-14)4-3-5-11(12)17-2/h3-7,9,16H,1-2H3. The third kappa shape index (κ3) is 2.44. The molecule has 0 aliphatic rings. The first kappa shape index (κ1) is 12.4. The van der Waals surface area contributed by atoms with E-state index in [1.165, 1.54) is 0 Å². The third-order valence-electron chi connectivity index (χ3n) is 2.55. The summed E-state index contributed by atoms with van der Waals surface area (Å²) in [6.07, 6.45) is 1.77. The smallest absolute Gasteiger partial charge is 0.143 e. The Morgan fingerprint density at radius 1 is 1.50 bits per heavy atom. The van der Waals surface area contributed by atoms with Gasteiger partial charge in [-0.05, 0) is 19.1 Å². The van der Waals surface area contributed by atoms with Crippen LogP contribution in [-0.4, -0.2) is 12.1 Å². The van der Waals surface area contributed by atoms with E-state index in [2.05, 4.69) is 16.4 Å². The fraction of sp³-hybridized carbons (Fsp3) is 0.231. The van der Waals surface area contributed by atoms with Crippen LogP contribution in [0.15, 0.2) is 29.8 Å². The molecule has 0 spiro atoms. The first-order valence-corrected chi connectivity index (χ1v) is 6.37. The van der Waals surface area contributed by atoms with Gasteiger partial charge in [0.2, 0.25) is 0 Å². The summed E-state index contributed by atoms with van der Waals surface area (Å²) < 4.78 is 5.28. The van der Waals surface area contributed by atoms with Gasteiger partial charge < -0.3 is 10.1 Å². The lowest BCUT2D eigenvalue weighted by molar-refractivity contribution is 0.416. The number of thiazole rings is 1. The largest absolute Gasteiger partial charge is 0.495 e. The van der Waals surface area contributed by atoms with Crippen LogP contribution in [0.1, 0.15) is 23.5 Å². The highest BCUT2D eigenvalue weighted by Crippen LogP contribution is 2.31. The Morgan fingerprint density at radius 2 is 2.33 bits per heavy atom. The molecular formula is C13H13N3OS. The number of nitrogens with zero attached hydrogens (tertiary/aromatic N) is 2. The summed E-state index contributed by atoms with van der Waals surface area (Å²) >= 11 is 1.58. The van der Waals surface area contributed by atoms with E-state index >= 15 is 0 Å². The normalized spacial score (nSPS) is 11.6. The Labute approximate surface area is 110 Å². The van der Waals surface area contributed by atoms with Crippen molar-refractivity contribution < 1.29 is 4.74 Å². The van der Waals surface area contributed by atoms with Crippen LogP contribution in [0.4, 0.5) is 5.69 Å². The number of hydrogen-bond donors (Lipinski definition) is 1. The van der Waals surface area contributed by atoms with Gasteiger partial charge in [-0.1, -0.05) is 6.07 Å². The highest BCUT2D eigenvalue weighted by Gasteiger charge is 2.14. The number of para-hydroxylation sites is 1. The minimum absolute atomic E-state index is 0.0356. The average molecular weight is 259 g/mol. The van der Waals surface area contributed by atoms with Crippen LogP contribution in [0.25, 0.3) is 0 Å². The topological polar surface area (TPSA) is 57.9 Å². The summed E-state index contributed by atoms with van der Waals surface area (Å²) in [5.41, 5.74) is 1.28. The van der Waals surface area contributed by atoms with E-state index in [9.17, 15) is 0 Å². The SMILES string of the molecule is COc1cccc(C#N)c1NC(C)c1nccs1. The van der Waals surface area contributed by atoms with Gasteiger partial charge >= 0.3 is 0 Å². The molecule has 0 fully saturated rings. The number of nitrogens with one attached hydrogen (secondary N) is 1. The predicted molar refractivity (Wildman–Crippen MR) is 71.9 cm³/mol. The van der Waals surface area contributed by atoms with Gasteiger partial charge in [0.15, 0.2) is 0 Å². The number of nitriles is 1. The van der Waals surface area contributed by atoms with Gasteiger partial charge in [0.05, 0.1) is 24.4 Å². The Hall–Kier alpha value is -2.06. The van der Waals surface area contributed by atoms with Gasteiger partial charge in [-0.3, -0.25) is 0 Å². The highest BCUT2D eigenvalue weighted by atomic mass is 32.1. The number of ether oxygens (including phenoxy) is 1. The monoisotopic (exact) mass is 259 g/mol. The molecule has 2 rings (SSSR count). The lowest BCUT2D eigenvalue weighted by Crippen LogP contribution is -2.08. The minimum Gasteiger partial charge on any atom is -0.495 e. The number of rotatable bonds is 4. The van der Waals surface area contributed by atoms with Crippen molar-refractivity contribution in [1.29, 1.82) is 5.26 Å². The van der Waals surface area contributed by atoms with E-state index in [1.807, 2.05) is 18.4 Å². The van der Waals surface area contributed by atoms with Crippen molar-refractivity contribution >= 4 is 17.0 Å². The van der Waals surface area contributed by atoms with Gasteiger partial charge in [-0.25, -0.2) is 4.98 Å². The average Bonchev–Trinajstić information content (AvgIpc) is 2.93. The predicted octanol–water partition coefficient (Wildman–Crippen LogP) is 3.20. The molecule has 1 N–H and O–H groups in total. The molecule has 1 aromatic carbocycles. The molecule has 18 heavy (non-hydrogen) atoms. The van der Waals surface area contributed by atoms with E-state index in [-0.39, 0.29) is 6.04 Å². The molecule has 0 saturated heterocycles. The third-order valence-corrected chi connectivity index (χ3v) is 3.51. The van der Waals surface area contributed by atoms with Crippen molar-refractivity contribution in [2.45, 2.75) is 13.0 Å². The number of aromatic nitrogens is 1. The maximum Gasteiger partial charge on any atom is 0.143 e. The van der Waals surface area contributed by atoms with Crippen LogP contribution in [0.2, 0.25) is 0 Å². The Kier molecular flexibility index (Phi) is 3.80. The molecule has 2 aromatic rings. The maximum atomic E-state index is 9.12. The zero-order valence-corrected chi connectivity index (χ0v) is 11.0. The Morgan fingerprint density at radius 3 is 2.94 bits per heavy atom. The molecule has 1 aromatic heterocycles. The second-order valence-corrected chi connectivity index (χ2v) is 4.66. The van der Waals surface area contributed by atoms with Crippen molar-refractivity contribution in [1.82, 2.24) is 4.98 Å². The van der Waals surface area contributed by atoms with Gasteiger partial charge in [-0.2, -0.15) is 5.26 Å². The molecule has 0 aliphatic carbocycles. The van der Waals surface area contributed by atoms with Crippen molar-refractivity contribution in [3.8, 4) is 11.8 Å². The number of benzene rings is 1. The highest BCUT2D eigenvalue weighted by molar-refractivity contribution is 7.09. The fourth-order valence-electron chi connectivity index (χ4n) is 1.67. The molecule has 92 valence electrons. The van der Waals surface area contributed by atoms with E-state index < -0.39 is 0 Å². The quantitative estimate of drug-likeness (QED) is 0.916. The molecule has 4 nitrogen and oxygen atoms in total. The molecule has 0 bridgehead atoms. The number of hydrogen-bond acceptors (Lipinski definition) is 5. The molecule has 0 radical (unpaired) electrons. The van der Waals surface area contributed by atoms with Crippen molar-refractivity contribution in [2.75, 3.05) is 12.4 Å².